The highest BCUT2D eigenvalue weighted by atomic mass is 16.5. The molecule has 0 radical (unpaired) electrons. The molecule has 2 aromatic heterocycles. The van der Waals surface area contributed by atoms with Gasteiger partial charge < -0.3 is 20.4 Å². The van der Waals surface area contributed by atoms with E-state index in [0.29, 0.717) is 36.6 Å². The van der Waals surface area contributed by atoms with Crippen LogP contribution in [0.15, 0.2) is 12.7 Å². The van der Waals surface area contributed by atoms with Gasteiger partial charge in [0.05, 0.1) is 19.0 Å². The van der Waals surface area contributed by atoms with Crippen molar-refractivity contribution in [3.05, 3.63) is 12.7 Å². The van der Waals surface area contributed by atoms with Crippen LogP contribution in [0.4, 0.5) is 5.82 Å². The lowest BCUT2D eigenvalue weighted by molar-refractivity contribution is -0.122. The molecule has 0 saturated carbocycles. The molecule has 8 nitrogen and oxygen atoms in total. The van der Waals surface area contributed by atoms with Crippen molar-refractivity contribution in [1.82, 2.24) is 24.8 Å². The van der Waals surface area contributed by atoms with Gasteiger partial charge in [-0.15, -0.1) is 0 Å². The highest BCUT2D eigenvalue weighted by molar-refractivity contribution is 5.81. The fourth-order valence-electron chi connectivity index (χ4n) is 2.05. The zero-order valence-electron chi connectivity index (χ0n) is 12.2. The van der Waals surface area contributed by atoms with Gasteiger partial charge in [-0.2, -0.15) is 0 Å². The molecular weight excluding hydrogens is 272 g/mol. The second-order valence-electron chi connectivity index (χ2n) is 4.75. The van der Waals surface area contributed by atoms with Crippen LogP contribution in [0.25, 0.3) is 11.2 Å². The summed E-state index contributed by atoms with van der Waals surface area (Å²) in [6.07, 6.45) is 4.18. The van der Waals surface area contributed by atoms with Crippen LogP contribution >= 0.6 is 0 Å². The van der Waals surface area contributed by atoms with Gasteiger partial charge in [-0.1, -0.05) is 6.92 Å². The van der Waals surface area contributed by atoms with E-state index in [9.17, 15) is 4.79 Å². The van der Waals surface area contributed by atoms with E-state index in [4.69, 9.17) is 10.5 Å². The predicted octanol–water partition coefficient (Wildman–Crippen LogP) is 0.340. The Kier molecular flexibility index (Phi) is 5.04. The van der Waals surface area contributed by atoms with E-state index >= 15 is 0 Å². The van der Waals surface area contributed by atoms with Crippen molar-refractivity contribution in [2.75, 3.05) is 19.5 Å². The number of nitrogen functional groups attached to an aromatic ring is 1. The van der Waals surface area contributed by atoms with E-state index in [0.717, 1.165) is 6.42 Å². The number of fused-ring (bicyclic) bond motifs is 1. The van der Waals surface area contributed by atoms with Crippen molar-refractivity contribution in [3.63, 3.8) is 0 Å². The molecule has 3 N–H and O–H groups in total. The topological polar surface area (TPSA) is 108 Å². The third-order valence-corrected chi connectivity index (χ3v) is 3.24. The van der Waals surface area contributed by atoms with Crippen molar-refractivity contribution in [2.24, 2.45) is 0 Å². The number of carbonyl (C=O) groups is 1. The number of nitrogens with zero attached hydrogens (tertiary/aromatic N) is 4. The van der Waals surface area contributed by atoms with E-state index in [-0.39, 0.29) is 11.9 Å². The minimum atomic E-state index is -0.0252. The van der Waals surface area contributed by atoms with E-state index in [1.54, 1.807) is 18.0 Å². The molecule has 0 aliphatic heterocycles. The van der Waals surface area contributed by atoms with Crippen molar-refractivity contribution in [1.29, 1.82) is 0 Å². The molecule has 0 aromatic carbocycles. The Morgan fingerprint density at radius 3 is 3.00 bits per heavy atom. The maximum Gasteiger partial charge on any atom is 0.222 e. The fourth-order valence-corrected chi connectivity index (χ4v) is 2.05. The normalized spacial score (nSPS) is 12.5. The van der Waals surface area contributed by atoms with Crippen LogP contribution in [0.2, 0.25) is 0 Å². The minimum absolute atomic E-state index is 0.0252. The molecule has 114 valence electrons. The predicted molar refractivity (Wildman–Crippen MR) is 78.5 cm³/mol. The number of anilines is 1. The first-order valence-electron chi connectivity index (χ1n) is 6.85. The summed E-state index contributed by atoms with van der Waals surface area (Å²) in [6, 6.07) is 0.0417. The Balaban J connectivity index is 1.95. The van der Waals surface area contributed by atoms with Gasteiger partial charge in [-0.25, -0.2) is 15.0 Å². The lowest BCUT2D eigenvalue weighted by Crippen LogP contribution is -2.37. The summed E-state index contributed by atoms with van der Waals surface area (Å²) in [7, 11) is 1.62. The minimum Gasteiger partial charge on any atom is -0.383 e. The van der Waals surface area contributed by atoms with Crippen molar-refractivity contribution in [3.8, 4) is 0 Å². The zero-order valence-corrected chi connectivity index (χ0v) is 12.2. The molecule has 0 spiro atoms. The molecule has 2 heterocycles. The number of nitrogens with one attached hydrogen (secondary N) is 1. The zero-order chi connectivity index (χ0) is 15.2. The molecule has 1 atom stereocenters. The van der Waals surface area contributed by atoms with Crippen molar-refractivity contribution < 1.29 is 9.53 Å². The first-order valence-corrected chi connectivity index (χ1v) is 6.85. The molecule has 2 aromatic rings. The van der Waals surface area contributed by atoms with Gasteiger partial charge in [0.1, 0.15) is 11.8 Å². The molecular formula is C13H20N6O2. The van der Waals surface area contributed by atoms with Gasteiger partial charge in [0.25, 0.3) is 0 Å². The quantitative estimate of drug-likeness (QED) is 0.762. The number of hydrogen-bond donors (Lipinski definition) is 2. The molecule has 0 fully saturated rings. The highest BCUT2D eigenvalue weighted by Gasteiger charge is 2.12. The molecule has 0 bridgehead atoms. The number of amides is 1. The monoisotopic (exact) mass is 292 g/mol. The molecule has 1 amide bonds. The molecule has 8 heteroatoms. The highest BCUT2D eigenvalue weighted by Crippen LogP contribution is 2.14. The Labute approximate surface area is 122 Å². The summed E-state index contributed by atoms with van der Waals surface area (Å²) >= 11 is 0. The van der Waals surface area contributed by atoms with Crippen molar-refractivity contribution in [2.45, 2.75) is 32.4 Å². The fraction of sp³-hybridized carbons (Fsp3) is 0.538. The maximum absolute atomic E-state index is 11.9. The summed E-state index contributed by atoms with van der Waals surface area (Å²) < 4.78 is 6.85. The first kappa shape index (κ1) is 15.2. The van der Waals surface area contributed by atoms with E-state index in [1.807, 2.05) is 6.92 Å². The van der Waals surface area contributed by atoms with Crippen LogP contribution in [-0.2, 0) is 16.1 Å². The number of aryl methyl sites for hydroxylation is 1. The summed E-state index contributed by atoms with van der Waals surface area (Å²) in [5, 5.41) is 2.93. The van der Waals surface area contributed by atoms with Crippen LogP contribution in [0.1, 0.15) is 19.8 Å². The Bertz CT molecular complexity index is 612. The van der Waals surface area contributed by atoms with Crippen molar-refractivity contribution >= 4 is 22.9 Å². The summed E-state index contributed by atoms with van der Waals surface area (Å²) in [6.45, 7) is 3.01. The number of hydrogen-bond acceptors (Lipinski definition) is 6. The van der Waals surface area contributed by atoms with Gasteiger partial charge in [0, 0.05) is 20.1 Å². The Morgan fingerprint density at radius 2 is 2.29 bits per heavy atom. The molecule has 0 unspecified atom stereocenters. The Hall–Kier alpha value is -2.22. The van der Waals surface area contributed by atoms with Gasteiger partial charge in [0.2, 0.25) is 5.91 Å². The molecule has 0 aliphatic carbocycles. The first-order chi connectivity index (χ1) is 10.2. The lowest BCUT2D eigenvalue weighted by atomic mass is 10.2. The summed E-state index contributed by atoms with van der Waals surface area (Å²) in [5.41, 5.74) is 6.92. The summed E-state index contributed by atoms with van der Waals surface area (Å²) in [4.78, 5) is 24.1. The molecule has 0 aliphatic rings. The average Bonchev–Trinajstić information content (AvgIpc) is 2.89. The number of imidazole rings is 1. The molecule has 0 saturated heterocycles. The van der Waals surface area contributed by atoms with Crippen LogP contribution in [-0.4, -0.2) is 45.2 Å². The smallest absolute Gasteiger partial charge is 0.222 e. The van der Waals surface area contributed by atoms with Crippen LogP contribution in [0, 0.1) is 0 Å². The Morgan fingerprint density at radius 1 is 1.48 bits per heavy atom. The second-order valence-corrected chi connectivity index (χ2v) is 4.75. The van der Waals surface area contributed by atoms with Crippen LogP contribution in [0.5, 0.6) is 0 Å². The second kappa shape index (κ2) is 6.98. The van der Waals surface area contributed by atoms with E-state index in [2.05, 4.69) is 20.3 Å². The number of methoxy groups -OCH3 is 1. The third kappa shape index (κ3) is 3.66. The largest absolute Gasteiger partial charge is 0.383 e. The average molecular weight is 292 g/mol. The number of carbonyl (C=O) groups excluding carboxylic acids is 1. The van der Waals surface area contributed by atoms with E-state index < -0.39 is 0 Å². The third-order valence-electron chi connectivity index (χ3n) is 3.24. The number of rotatable bonds is 7. The number of ether oxygens (including phenoxy) is 1. The summed E-state index contributed by atoms with van der Waals surface area (Å²) in [5.74, 6) is 0.317. The van der Waals surface area contributed by atoms with Crippen LogP contribution in [0.3, 0.4) is 0 Å². The van der Waals surface area contributed by atoms with Crippen LogP contribution < -0.4 is 11.1 Å². The number of nitrogens with two attached hydrogens (primary N) is 1. The lowest BCUT2D eigenvalue weighted by Gasteiger charge is -2.15. The molecule has 2 rings (SSSR count). The van der Waals surface area contributed by atoms with Gasteiger partial charge in [-0.3, -0.25) is 4.79 Å². The van der Waals surface area contributed by atoms with Gasteiger partial charge in [-0.05, 0) is 6.42 Å². The standard InChI is InChI=1S/C13H20N6O2/c1-3-9(6-21-2)18-10(20)4-5-19-8-17-11-12(14)15-7-16-13(11)19/h7-9H,3-6H2,1-2H3,(H,18,20)(H2,14,15,16)/t9-/m1/s1. The maximum atomic E-state index is 11.9. The van der Waals surface area contributed by atoms with E-state index in [1.165, 1.54) is 6.33 Å². The number of aromatic nitrogens is 4. The SMILES string of the molecule is CC[C@H](COC)NC(=O)CCn1cnc2c(N)ncnc21. The van der Waals surface area contributed by atoms with Gasteiger partial charge >= 0.3 is 0 Å². The van der Waals surface area contributed by atoms with Gasteiger partial charge in [0.15, 0.2) is 11.5 Å². The molecule has 21 heavy (non-hydrogen) atoms.